The fourth-order valence-corrected chi connectivity index (χ4v) is 3.37. The SMILES string of the molecule is C#CCn1c(=NC(=O)Cn2cncn2)sc2cc(CC)ccc21. The summed E-state index contributed by atoms with van der Waals surface area (Å²) in [6, 6.07) is 6.22. The molecule has 0 aliphatic heterocycles. The minimum atomic E-state index is -0.288. The average molecular weight is 325 g/mol. The minimum absolute atomic E-state index is 0.0600. The van der Waals surface area contributed by atoms with Gasteiger partial charge in [0.15, 0.2) is 4.80 Å². The van der Waals surface area contributed by atoms with Crippen molar-refractivity contribution in [3.63, 3.8) is 0 Å². The maximum Gasteiger partial charge on any atom is 0.270 e. The van der Waals surface area contributed by atoms with E-state index in [1.54, 1.807) is 0 Å². The number of hydrogen-bond acceptors (Lipinski definition) is 4. The average Bonchev–Trinajstić information content (AvgIpc) is 3.15. The smallest absolute Gasteiger partial charge is 0.270 e. The van der Waals surface area contributed by atoms with Crippen LogP contribution >= 0.6 is 11.3 Å². The van der Waals surface area contributed by atoms with Crippen molar-refractivity contribution in [2.45, 2.75) is 26.4 Å². The quantitative estimate of drug-likeness (QED) is 0.685. The van der Waals surface area contributed by atoms with E-state index in [9.17, 15) is 4.79 Å². The van der Waals surface area contributed by atoms with Crippen LogP contribution in [0.4, 0.5) is 0 Å². The van der Waals surface area contributed by atoms with E-state index in [-0.39, 0.29) is 12.5 Å². The van der Waals surface area contributed by atoms with Crippen LogP contribution in [-0.2, 0) is 24.3 Å². The van der Waals surface area contributed by atoms with Gasteiger partial charge in [0.05, 0.1) is 16.8 Å². The molecular weight excluding hydrogens is 310 g/mol. The molecule has 0 N–H and O–H groups in total. The first-order valence-corrected chi connectivity index (χ1v) is 7.98. The van der Waals surface area contributed by atoms with Crippen LogP contribution in [0.2, 0.25) is 0 Å². The molecule has 7 heteroatoms. The Bertz CT molecular complexity index is 943. The monoisotopic (exact) mass is 325 g/mol. The lowest BCUT2D eigenvalue weighted by molar-refractivity contribution is -0.118. The highest BCUT2D eigenvalue weighted by Gasteiger charge is 2.08. The van der Waals surface area contributed by atoms with Gasteiger partial charge in [-0.05, 0) is 24.1 Å². The van der Waals surface area contributed by atoms with Crippen LogP contribution in [0.3, 0.4) is 0 Å². The molecule has 0 aliphatic rings. The summed E-state index contributed by atoms with van der Waals surface area (Å²) in [5, 5.41) is 3.91. The van der Waals surface area contributed by atoms with Crippen molar-refractivity contribution in [2.24, 2.45) is 4.99 Å². The lowest BCUT2D eigenvalue weighted by Crippen LogP contribution is -2.18. The largest absolute Gasteiger partial charge is 0.305 e. The lowest BCUT2D eigenvalue weighted by atomic mass is 10.2. The van der Waals surface area contributed by atoms with Gasteiger partial charge in [0.2, 0.25) is 0 Å². The molecule has 0 unspecified atom stereocenters. The molecule has 6 nitrogen and oxygen atoms in total. The Kier molecular flexibility index (Phi) is 4.35. The van der Waals surface area contributed by atoms with E-state index in [0.29, 0.717) is 11.3 Å². The van der Waals surface area contributed by atoms with Crippen LogP contribution < -0.4 is 4.80 Å². The number of carbonyl (C=O) groups is 1. The summed E-state index contributed by atoms with van der Waals surface area (Å²) in [5.74, 6) is 2.33. The molecule has 0 saturated heterocycles. The molecule has 2 aromatic heterocycles. The van der Waals surface area contributed by atoms with Crippen molar-refractivity contribution < 1.29 is 4.79 Å². The summed E-state index contributed by atoms with van der Waals surface area (Å²) in [5.41, 5.74) is 2.24. The fraction of sp³-hybridized carbons (Fsp3) is 0.250. The summed E-state index contributed by atoms with van der Waals surface area (Å²) in [7, 11) is 0. The second-order valence-electron chi connectivity index (χ2n) is 4.93. The Labute approximate surface area is 137 Å². The van der Waals surface area contributed by atoms with Crippen LogP contribution in [0.25, 0.3) is 10.2 Å². The maximum atomic E-state index is 12.1. The third-order valence-corrected chi connectivity index (χ3v) is 4.43. The number of hydrogen-bond donors (Lipinski definition) is 0. The van der Waals surface area contributed by atoms with Gasteiger partial charge in [0.1, 0.15) is 19.2 Å². The number of aromatic nitrogens is 4. The molecule has 23 heavy (non-hydrogen) atoms. The predicted octanol–water partition coefficient (Wildman–Crippen LogP) is 1.62. The third kappa shape index (κ3) is 3.22. The number of terminal acetylenes is 1. The maximum absolute atomic E-state index is 12.1. The first kappa shape index (κ1) is 15.2. The first-order chi connectivity index (χ1) is 11.2. The minimum Gasteiger partial charge on any atom is -0.305 e. The topological polar surface area (TPSA) is 65.1 Å². The van der Waals surface area contributed by atoms with E-state index in [0.717, 1.165) is 16.6 Å². The van der Waals surface area contributed by atoms with Gasteiger partial charge in [-0.1, -0.05) is 30.2 Å². The molecular formula is C16H15N5OS. The molecule has 3 aromatic rings. The van der Waals surface area contributed by atoms with E-state index < -0.39 is 0 Å². The molecule has 2 heterocycles. The molecule has 0 saturated carbocycles. The molecule has 0 radical (unpaired) electrons. The van der Waals surface area contributed by atoms with E-state index in [2.05, 4.69) is 40.1 Å². The molecule has 0 atom stereocenters. The van der Waals surface area contributed by atoms with E-state index in [1.165, 1.54) is 34.2 Å². The fourth-order valence-electron chi connectivity index (χ4n) is 2.26. The predicted molar refractivity (Wildman–Crippen MR) is 88.6 cm³/mol. The van der Waals surface area contributed by atoms with E-state index >= 15 is 0 Å². The Morgan fingerprint density at radius 2 is 2.35 bits per heavy atom. The van der Waals surface area contributed by atoms with Gasteiger partial charge in [0.25, 0.3) is 5.91 Å². The molecule has 0 spiro atoms. The molecule has 3 rings (SSSR count). The highest BCUT2D eigenvalue weighted by Crippen LogP contribution is 2.19. The Morgan fingerprint density at radius 1 is 1.48 bits per heavy atom. The van der Waals surface area contributed by atoms with Crippen molar-refractivity contribution in [3.8, 4) is 12.3 Å². The summed E-state index contributed by atoms with van der Waals surface area (Å²) in [6.07, 6.45) is 9.29. The number of benzene rings is 1. The summed E-state index contributed by atoms with van der Waals surface area (Å²) >= 11 is 1.47. The number of nitrogens with zero attached hydrogens (tertiary/aromatic N) is 5. The molecule has 0 fully saturated rings. The van der Waals surface area contributed by atoms with Gasteiger partial charge >= 0.3 is 0 Å². The highest BCUT2D eigenvalue weighted by molar-refractivity contribution is 7.16. The van der Waals surface area contributed by atoms with Gasteiger partial charge < -0.3 is 4.57 Å². The van der Waals surface area contributed by atoms with Gasteiger partial charge in [-0.3, -0.25) is 4.79 Å². The summed E-state index contributed by atoms with van der Waals surface area (Å²) in [6.45, 7) is 2.54. The number of aryl methyl sites for hydroxylation is 1. The number of rotatable bonds is 4. The van der Waals surface area contributed by atoms with Gasteiger partial charge in [-0.25, -0.2) is 9.67 Å². The molecule has 1 aromatic carbocycles. The van der Waals surface area contributed by atoms with Crippen LogP contribution in [0.15, 0.2) is 35.8 Å². The lowest BCUT2D eigenvalue weighted by Gasteiger charge is -2.01. The third-order valence-electron chi connectivity index (χ3n) is 3.39. The van der Waals surface area contributed by atoms with Gasteiger partial charge in [-0.2, -0.15) is 10.1 Å². The van der Waals surface area contributed by atoms with Crippen molar-refractivity contribution in [3.05, 3.63) is 41.2 Å². The zero-order valence-electron chi connectivity index (χ0n) is 12.6. The van der Waals surface area contributed by atoms with Crippen molar-refractivity contribution in [1.82, 2.24) is 19.3 Å². The molecule has 1 amide bonds. The second kappa shape index (κ2) is 6.58. The van der Waals surface area contributed by atoms with Gasteiger partial charge in [0, 0.05) is 0 Å². The normalized spacial score (nSPS) is 11.7. The molecule has 116 valence electrons. The Balaban J connectivity index is 2.04. The highest BCUT2D eigenvalue weighted by atomic mass is 32.1. The standard InChI is InChI=1S/C16H15N5OS/c1-3-7-21-13-6-5-12(4-2)8-14(13)23-16(21)19-15(22)9-20-11-17-10-18-20/h1,5-6,8,10-11H,4,7,9H2,2H3. The van der Waals surface area contributed by atoms with E-state index in [4.69, 9.17) is 6.42 Å². The van der Waals surface area contributed by atoms with Crippen molar-refractivity contribution >= 4 is 27.5 Å². The number of thiazole rings is 1. The van der Waals surface area contributed by atoms with Gasteiger partial charge in [-0.15, -0.1) is 6.42 Å². The van der Waals surface area contributed by atoms with Crippen LogP contribution in [0, 0.1) is 12.3 Å². The first-order valence-electron chi connectivity index (χ1n) is 7.17. The summed E-state index contributed by atoms with van der Waals surface area (Å²) in [4.78, 5) is 20.7. The zero-order chi connectivity index (χ0) is 16.2. The van der Waals surface area contributed by atoms with Crippen molar-refractivity contribution in [1.29, 1.82) is 0 Å². The molecule has 0 aliphatic carbocycles. The van der Waals surface area contributed by atoms with Crippen LogP contribution in [0.5, 0.6) is 0 Å². The number of fused-ring (bicyclic) bond motifs is 1. The Morgan fingerprint density at radius 3 is 3.04 bits per heavy atom. The molecule has 0 bridgehead atoms. The zero-order valence-corrected chi connectivity index (χ0v) is 13.5. The van der Waals surface area contributed by atoms with Crippen LogP contribution in [-0.4, -0.2) is 25.2 Å². The Hall–Kier alpha value is -2.72. The van der Waals surface area contributed by atoms with Crippen LogP contribution in [0.1, 0.15) is 12.5 Å². The number of amides is 1. The summed E-state index contributed by atoms with van der Waals surface area (Å²) < 4.78 is 4.41. The van der Waals surface area contributed by atoms with E-state index in [1.807, 2.05) is 10.6 Å². The number of carbonyl (C=O) groups excluding carboxylic acids is 1. The second-order valence-corrected chi connectivity index (χ2v) is 5.94. The van der Waals surface area contributed by atoms with Crippen molar-refractivity contribution in [2.75, 3.05) is 0 Å².